The highest BCUT2D eigenvalue weighted by atomic mass is 35.5. The Morgan fingerprint density at radius 3 is 2.43 bits per heavy atom. The summed E-state index contributed by atoms with van der Waals surface area (Å²) < 4.78 is 66.5. The third kappa shape index (κ3) is 3.57. The monoisotopic (exact) mass is 324 g/mol. The second-order valence-corrected chi connectivity index (χ2v) is 4.12. The second kappa shape index (κ2) is 6.21. The predicted molar refractivity (Wildman–Crippen MR) is 64.0 cm³/mol. The van der Waals surface area contributed by atoms with E-state index in [4.69, 9.17) is 11.6 Å². The average Bonchev–Trinajstić information content (AvgIpc) is 2.41. The van der Waals surface area contributed by atoms with Gasteiger partial charge in [0.2, 0.25) is 0 Å². The molecule has 1 heterocycles. The molecule has 0 saturated heterocycles. The minimum absolute atomic E-state index is 0.0171. The molecule has 3 nitrogen and oxygen atoms in total. The molecule has 9 heteroatoms. The smallest absolute Gasteiger partial charge is 0.388 e. The first kappa shape index (κ1) is 15.4. The molecule has 0 radical (unpaired) electrons. The highest BCUT2D eigenvalue weighted by molar-refractivity contribution is 6.30. The number of benzene rings is 1. The Kier molecular flexibility index (Phi) is 4.56. The van der Waals surface area contributed by atoms with Crippen LogP contribution in [0.1, 0.15) is 12.0 Å². The van der Waals surface area contributed by atoms with Gasteiger partial charge in [0, 0.05) is 5.56 Å². The van der Waals surface area contributed by atoms with Crippen molar-refractivity contribution in [3.63, 3.8) is 0 Å². The van der Waals surface area contributed by atoms with Crippen molar-refractivity contribution in [1.82, 2.24) is 9.97 Å². The predicted octanol–water partition coefficient (Wildman–Crippen LogP) is 4.48. The summed E-state index contributed by atoms with van der Waals surface area (Å²) in [5.41, 5.74) is -0.674. The zero-order valence-electron chi connectivity index (χ0n) is 10.0. The molecular formula is C12H6ClF5N2O. The minimum atomic E-state index is -3.13. The van der Waals surface area contributed by atoms with E-state index < -0.39 is 35.5 Å². The molecule has 0 saturated carbocycles. The van der Waals surface area contributed by atoms with E-state index in [1.54, 1.807) is 0 Å². The zero-order chi connectivity index (χ0) is 15.6. The molecule has 0 aliphatic rings. The maximum atomic E-state index is 13.2. The molecule has 0 unspecified atom stereocenters. The van der Waals surface area contributed by atoms with Crippen LogP contribution in [0.15, 0.2) is 24.4 Å². The van der Waals surface area contributed by atoms with Gasteiger partial charge in [-0.05, 0) is 18.2 Å². The Morgan fingerprint density at radius 2 is 1.86 bits per heavy atom. The molecule has 0 atom stereocenters. The van der Waals surface area contributed by atoms with E-state index in [0.29, 0.717) is 0 Å². The first-order chi connectivity index (χ1) is 9.88. The van der Waals surface area contributed by atoms with Gasteiger partial charge in [-0.25, -0.2) is 23.1 Å². The Hall–Kier alpha value is -1.96. The molecule has 0 N–H and O–H groups in total. The fourth-order valence-electron chi connectivity index (χ4n) is 1.53. The molecule has 0 amide bonds. The normalized spacial score (nSPS) is 11.2. The van der Waals surface area contributed by atoms with Gasteiger partial charge in [-0.15, -0.1) is 0 Å². The van der Waals surface area contributed by atoms with Crippen molar-refractivity contribution in [2.75, 3.05) is 0 Å². The van der Waals surface area contributed by atoms with Gasteiger partial charge in [0.1, 0.15) is 5.82 Å². The molecule has 0 aliphatic heterocycles. The quantitative estimate of drug-likeness (QED) is 0.778. The van der Waals surface area contributed by atoms with Crippen LogP contribution >= 0.6 is 11.6 Å². The number of aromatic nitrogens is 2. The highest BCUT2D eigenvalue weighted by Gasteiger charge is 2.17. The van der Waals surface area contributed by atoms with Crippen molar-refractivity contribution >= 4 is 11.6 Å². The third-order valence-electron chi connectivity index (χ3n) is 2.43. The largest absolute Gasteiger partial charge is 0.414 e. The number of rotatable bonds is 4. The summed E-state index contributed by atoms with van der Waals surface area (Å²) in [7, 11) is 0. The zero-order valence-corrected chi connectivity index (χ0v) is 10.8. The molecule has 0 bridgehead atoms. The van der Waals surface area contributed by atoms with E-state index in [0.717, 1.165) is 18.3 Å². The SMILES string of the molecule is Fc1ccc(-c2cnc(OC(F)F)c(Cl)n2)cc1C(F)F. The first-order valence-corrected chi connectivity index (χ1v) is 5.81. The summed E-state index contributed by atoms with van der Waals surface area (Å²) in [5.74, 6) is -1.66. The van der Waals surface area contributed by atoms with Crippen molar-refractivity contribution in [2.24, 2.45) is 0 Å². The molecule has 1 aromatic carbocycles. The van der Waals surface area contributed by atoms with Crippen LogP contribution < -0.4 is 4.74 Å². The lowest BCUT2D eigenvalue weighted by Gasteiger charge is -2.08. The third-order valence-corrected chi connectivity index (χ3v) is 2.67. The summed E-state index contributed by atoms with van der Waals surface area (Å²) >= 11 is 5.60. The summed E-state index contributed by atoms with van der Waals surface area (Å²) in [6.45, 7) is -3.13. The molecule has 1 aromatic heterocycles. The number of nitrogens with zero attached hydrogens (tertiary/aromatic N) is 2. The van der Waals surface area contributed by atoms with Crippen LogP contribution in [0.4, 0.5) is 22.0 Å². The van der Waals surface area contributed by atoms with Crippen molar-refractivity contribution in [1.29, 1.82) is 0 Å². The molecule has 0 aliphatic carbocycles. The standard InChI is InChI=1S/C12H6ClF5N2O/c13-9-11(21-12(17)18)19-4-8(20-9)5-1-2-7(14)6(3-5)10(15)16/h1-4,10,12H. The fourth-order valence-corrected chi connectivity index (χ4v) is 1.71. The molecule has 2 aromatic rings. The van der Waals surface area contributed by atoms with Crippen molar-refractivity contribution in [3.05, 3.63) is 40.9 Å². The van der Waals surface area contributed by atoms with Gasteiger partial charge in [0.15, 0.2) is 5.15 Å². The van der Waals surface area contributed by atoms with Gasteiger partial charge in [0.25, 0.3) is 12.3 Å². The fraction of sp³-hybridized carbons (Fsp3) is 0.167. The van der Waals surface area contributed by atoms with Crippen molar-refractivity contribution in [3.8, 4) is 17.1 Å². The van der Waals surface area contributed by atoms with Crippen LogP contribution in [0.5, 0.6) is 5.88 Å². The van der Waals surface area contributed by atoms with E-state index in [1.807, 2.05) is 0 Å². The number of hydrogen-bond acceptors (Lipinski definition) is 3. The molecule has 2 rings (SSSR count). The van der Waals surface area contributed by atoms with Gasteiger partial charge in [0.05, 0.1) is 17.5 Å². The molecule has 112 valence electrons. The maximum absolute atomic E-state index is 13.2. The van der Waals surface area contributed by atoms with Crippen LogP contribution in [0.25, 0.3) is 11.3 Å². The van der Waals surface area contributed by atoms with Gasteiger partial charge in [-0.3, -0.25) is 0 Å². The molecule has 0 spiro atoms. The van der Waals surface area contributed by atoms with Crippen LogP contribution in [0, 0.1) is 5.82 Å². The van der Waals surface area contributed by atoms with Gasteiger partial charge >= 0.3 is 6.61 Å². The lowest BCUT2D eigenvalue weighted by atomic mass is 10.1. The Labute approximate surface area is 120 Å². The van der Waals surface area contributed by atoms with Gasteiger partial charge in [-0.2, -0.15) is 8.78 Å². The Bertz CT molecular complexity index is 654. The van der Waals surface area contributed by atoms with Crippen molar-refractivity contribution in [2.45, 2.75) is 13.0 Å². The number of halogens is 6. The van der Waals surface area contributed by atoms with E-state index >= 15 is 0 Å². The molecular weight excluding hydrogens is 319 g/mol. The highest BCUT2D eigenvalue weighted by Crippen LogP contribution is 2.29. The maximum Gasteiger partial charge on any atom is 0.388 e. The summed E-state index contributed by atoms with van der Waals surface area (Å²) in [6.07, 6.45) is -2.00. The minimum Gasteiger partial charge on any atom is -0.414 e. The van der Waals surface area contributed by atoms with Gasteiger partial charge in [-0.1, -0.05) is 11.6 Å². The van der Waals surface area contributed by atoms with E-state index in [2.05, 4.69) is 14.7 Å². The number of hydrogen-bond donors (Lipinski definition) is 0. The van der Waals surface area contributed by atoms with Gasteiger partial charge < -0.3 is 4.74 Å². The van der Waals surface area contributed by atoms with Crippen LogP contribution in [-0.2, 0) is 0 Å². The van der Waals surface area contributed by atoms with Crippen molar-refractivity contribution < 1.29 is 26.7 Å². The van der Waals surface area contributed by atoms with Crippen LogP contribution in [-0.4, -0.2) is 16.6 Å². The number of alkyl halides is 4. The molecule has 21 heavy (non-hydrogen) atoms. The summed E-state index contributed by atoms with van der Waals surface area (Å²) in [4.78, 5) is 7.22. The van der Waals surface area contributed by atoms with E-state index in [-0.39, 0.29) is 11.3 Å². The van der Waals surface area contributed by atoms with E-state index in [9.17, 15) is 22.0 Å². The Morgan fingerprint density at radius 1 is 1.14 bits per heavy atom. The summed E-state index contributed by atoms with van der Waals surface area (Å²) in [5, 5.41) is -0.462. The Balaban J connectivity index is 2.39. The van der Waals surface area contributed by atoms with Crippen LogP contribution in [0.3, 0.4) is 0 Å². The van der Waals surface area contributed by atoms with E-state index in [1.165, 1.54) is 6.07 Å². The lowest BCUT2D eigenvalue weighted by Crippen LogP contribution is -2.05. The molecule has 0 fully saturated rings. The topological polar surface area (TPSA) is 35.0 Å². The second-order valence-electron chi connectivity index (χ2n) is 3.77. The summed E-state index contributed by atoms with van der Waals surface area (Å²) in [6, 6.07) is 2.92. The first-order valence-electron chi connectivity index (χ1n) is 5.44. The number of ether oxygens (including phenoxy) is 1. The average molecular weight is 325 g/mol. The van der Waals surface area contributed by atoms with Crippen LogP contribution in [0.2, 0.25) is 5.15 Å². The lowest BCUT2D eigenvalue weighted by molar-refractivity contribution is -0.0530.